The second-order valence-corrected chi connectivity index (χ2v) is 7.26. The summed E-state index contributed by atoms with van der Waals surface area (Å²) in [6, 6.07) is 11.8. The second kappa shape index (κ2) is 7.96. The van der Waals surface area contributed by atoms with Crippen molar-refractivity contribution in [3.8, 4) is 0 Å². The fourth-order valence-electron chi connectivity index (χ4n) is 3.70. The Labute approximate surface area is 161 Å². The summed E-state index contributed by atoms with van der Waals surface area (Å²) in [5.74, 6) is -1.12. The highest BCUT2D eigenvalue weighted by atomic mass is 19.2. The van der Waals surface area contributed by atoms with Crippen molar-refractivity contribution in [1.29, 1.82) is 0 Å². The molecule has 0 aliphatic heterocycles. The van der Waals surface area contributed by atoms with E-state index < -0.39 is 11.6 Å². The van der Waals surface area contributed by atoms with E-state index in [1.165, 1.54) is 6.07 Å². The molecular weight excluding hydrogens is 362 g/mol. The van der Waals surface area contributed by atoms with Crippen LogP contribution in [0.3, 0.4) is 0 Å². The van der Waals surface area contributed by atoms with Gasteiger partial charge in [-0.3, -0.25) is 4.79 Å². The van der Waals surface area contributed by atoms with Gasteiger partial charge in [-0.25, -0.2) is 13.8 Å². The molecule has 1 saturated carbocycles. The summed E-state index contributed by atoms with van der Waals surface area (Å²) in [4.78, 5) is 20.2. The Kier molecular flexibility index (Phi) is 5.23. The number of fused-ring (bicyclic) bond motifs is 1. The van der Waals surface area contributed by atoms with Crippen LogP contribution in [0.4, 0.5) is 14.7 Å². The van der Waals surface area contributed by atoms with E-state index in [9.17, 15) is 13.6 Å². The Balaban J connectivity index is 1.26. The molecule has 1 heterocycles. The van der Waals surface area contributed by atoms with E-state index in [0.717, 1.165) is 54.8 Å². The molecule has 7 heteroatoms. The number of hydrogen-bond acceptors (Lipinski definition) is 3. The van der Waals surface area contributed by atoms with Gasteiger partial charge in [0, 0.05) is 18.5 Å². The van der Waals surface area contributed by atoms with Gasteiger partial charge in [-0.2, -0.15) is 0 Å². The monoisotopic (exact) mass is 384 g/mol. The summed E-state index contributed by atoms with van der Waals surface area (Å²) in [6.07, 6.45) is 3.31. The number of aromatic amines is 1. The van der Waals surface area contributed by atoms with E-state index in [0.29, 0.717) is 5.56 Å². The van der Waals surface area contributed by atoms with Crippen LogP contribution in [0.25, 0.3) is 11.0 Å². The molecule has 0 spiro atoms. The van der Waals surface area contributed by atoms with Crippen LogP contribution in [0.2, 0.25) is 0 Å². The van der Waals surface area contributed by atoms with Crippen molar-refractivity contribution < 1.29 is 13.6 Å². The van der Waals surface area contributed by atoms with Gasteiger partial charge in [0.2, 0.25) is 11.9 Å². The number of anilines is 1. The minimum absolute atomic E-state index is 0.0353. The number of carbonyl (C=O) groups is 1. The largest absolute Gasteiger partial charge is 0.353 e. The standard InChI is InChI=1S/C21H22F2N4O/c22-16-10-5-13(11-17(16)23)12-24-20(28)14-6-8-15(9-7-14)25-21-26-18-3-1-2-4-19(18)27-21/h1-5,10-11,14-15H,6-9,12H2,(H,24,28)(H2,25,26,27)/t14-,15-. The number of carbonyl (C=O) groups excluding carboxylic acids is 1. The van der Waals surface area contributed by atoms with Gasteiger partial charge < -0.3 is 15.6 Å². The minimum atomic E-state index is -0.899. The Morgan fingerprint density at radius 2 is 1.86 bits per heavy atom. The van der Waals surface area contributed by atoms with Crippen LogP contribution < -0.4 is 10.6 Å². The molecule has 3 N–H and O–H groups in total. The van der Waals surface area contributed by atoms with Crippen LogP contribution >= 0.6 is 0 Å². The molecule has 1 aromatic heterocycles. The topological polar surface area (TPSA) is 69.8 Å². The first-order chi connectivity index (χ1) is 13.6. The van der Waals surface area contributed by atoms with Gasteiger partial charge in [0.05, 0.1) is 11.0 Å². The van der Waals surface area contributed by atoms with E-state index in [1.807, 2.05) is 24.3 Å². The lowest BCUT2D eigenvalue weighted by Crippen LogP contribution is -2.35. The third-order valence-corrected chi connectivity index (χ3v) is 5.28. The average molecular weight is 384 g/mol. The Morgan fingerprint density at radius 1 is 1.07 bits per heavy atom. The summed E-state index contributed by atoms with van der Waals surface area (Å²) in [6.45, 7) is 0.202. The molecule has 28 heavy (non-hydrogen) atoms. The number of halogens is 2. The predicted octanol–water partition coefficient (Wildman–Crippen LogP) is 4.13. The number of rotatable bonds is 5. The Bertz CT molecular complexity index is 946. The Morgan fingerprint density at radius 3 is 2.61 bits per heavy atom. The third kappa shape index (κ3) is 4.13. The molecule has 0 bridgehead atoms. The highest BCUT2D eigenvalue weighted by Gasteiger charge is 2.26. The van der Waals surface area contributed by atoms with Crippen molar-refractivity contribution >= 4 is 22.9 Å². The molecule has 0 unspecified atom stereocenters. The fraction of sp³-hybridized carbons (Fsp3) is 0.333. The zero-order chi connectivity index (χ0) is 19.5. The van der Waals surface area contributed by atoms with Crippen molar-refractivity contribution in [2.45, 2.75) is 38.3 Å². The summed E-state index contributed by atoms with van der Waals surface area (Å²) < 4.78 is 26.2. The van der Waals surface area contributed by atoms with E-state index in [-0.39, 0.29) is 24.4 Å². The second-order valence-electron chi connectivity index (χ2n) is 7.26. The van der Waals surface area contributed by atoms with Crippen LogP contribution in [0.5, 0.6) is 0 Å². The number of aromatic nitrogens is 2. The molecule has 0 atom stereocenters. The molecule has 5 nitrogen and oxygen atoms in total. The van der Waals surface area contributed by atoms with Crippen LogP contribution in [0, 0.1) is 17.6 Å². The molecular formula is C21H22F2N4O. The maximum Gasteiger partial charge on any atom is 0.223 e. The number of hydrogen-bond donors (Lipinski definition) is 3. The third-order valence-electron chi connectivity index (χ3n) is 5.28. The number of imidazole rings is 1. The number of H-pyrrole nitrogens is 1. The summed E-state index contributed by atoms with van der Waals surface area (Å²) in [5, 5.41) is 6.25. The van der Waals surface area contributed by atoms with Gasteiger partial charge in [-0.1, -0.05) is 18.2 Å². The lowest BCUT2D eigenvalue weighted by atomic mass is 9.85. The van der Waals surface area contributed by atoms with Crippen LogP contribution in [0.15, 0.2) is 42.5 Å². The van der Waals surface area contributed by atoms with Gasteiger partial charge in [0.25, 0.3) is 0 Å². The van der Waals surface area contributed by atoms with Crippen molar-refractivity contribution in [1.82, 2.24) is 15.3 Å². The first-order valence-corrected chi connectivity index (χ1v) is 9.51. The van der Waals surface area contributed by atoms with Gasteiger partial charge in [-0.05, 0) is 55.5 Å². The first kappa shape index (κ1) is 18.4. The molecule has 4 rings (SSSR count). The summed E-state index contributed by atoms with van der Waals surface area (Å²) >= 11 is 0. The van der Waals surface area contributed by atoms with Crippen LogP contribution in [-0.2, 0) is 11.3 Å². The quantitative estimate of drug-likeness (QED) is 0.620. The van der Waals surface area contributed by atoms with Gasteiger partial charge in [0.15, 0.2) is 11.6 Å². The predicted molar refractivity (Wildman–Crippen MR) is 104 cm³/mol. The van der Waals surface area contributed by atoms with E-state index >= 15 is 0 Å². The molecule has 1 fully saturated rings. The van der Waals surface area contributed by atoms with Gasteiger partial charge in [-0.15, -0.1) is 0 Å². The van der Waals surface area contributed by atoms with Crippen molar-refractivity contribution in [2.75, 3.05) is 5.32 Å². The molecule has 146 valence electrons. The fourth-order valence-corrected chi connectivity index (χ4v) is 3.70. The highest BCUT2D eigenvalue weighted by Crippen LogP contribution is 2.27. The number of benzene rings is 2. The van der Waals surface area contributed by atoms with E-state index in [2.05, 4.69) is 20.6 Å². The van der Waals surface area contributed by atoms with E-state index in [1.54, 1.807) is 0 Å². The minimum Gasteiger partial charge on any atom is -0.353 e. The molecule has 1 aliphatic rings. The lowest BCUT2D eigenvalue weighted by Gasteiger charge is -2.28. The average Bonchev–Trinajstić information content (AvgIpc) is 3.11. The van der Waals surface area contributed by atoms with Crippen molar-refractivity contribution in [2.24, 2.45) is 5.92 Å². The van der Waals surface area contributed by atoms with Crippen LogP contribution in [-0.4, -0.2) is 21.9 Å². The smallest absolute Gasteiger partial charge is 0.223 e. The molecule has 1 amide bonds. The maximum atomic E-state index is 13.2. The van der Waals surface area contributed by atoms with Crippen LogP contribution in [0.1, 0.15) is 31.2 Å². The zero-order valence-electron chi connectivity index (χ0n) is 15.3. The number of amides is 1. The molecule has 2 aromatic carbocycles. The van der Waals surface area contributed by atoms with E-state index in [4.69, 9.17) is 0 Å². The first-order valence-electron chi connectivity index (χ1n) is 9.51. The Hall–Kier alpha value is -2.96. The van der Waals surface area contributed by atoms with Crippen molar-refractivity contribution in [3.63, 3.8) is 0 Å². The number of nitrogens with zero attached hydrogens (tertiary/aromatic N) is 1. The molecule has 1 aliphatic carbocycles. The highest BCUT2D eigenvalue weighted by molar-refractivity contribution is 5.79. The lowest BCUT2D eigenvalue weighted by molar-refractivity contribution is -0.126. The maximum absolute atomic E-state index is 13.2. The van der Waals surface area contributed by atoms with Gasteiger partial charge >= 0.3 is 0 Å². The summed E-state index contributed by atoms with van der Waals surface area (Å²) in [7, 11) is 0. The molecule has 0 saturated heterocycles. The summed E-state index contributed by atoms with van der Waals surface area (Å²) in [5.41, 5.74) is 2.47. The molecule has 0 radical (unpaired) electrons. The molecule has 3 aromatic rings. The normalized spacial score (nSPS) is 19.5. The number of para-hydroxylation sites is 2. The zero-order valence-corrected chi connectivity index (χ0v) is 15.3. The number of nitrogens with one attached hydrogen (secondary N) is 3. The SMILES string of the molecule is O=C(NCc1ccc(F)c(F)c1)[C@H]1CC[C@H](Nc2nc3ccccc3[nH]2)CC1. The van der Waals surface area contributed by atoms with Gasteiger partial charge in [0.1, 0.15) is 0 Å². The van der Waals surface area contributed by atoms with Crippen molar-refractivity contribution in [3.05, 3.63) is 59.7 Å².